The summed E-state index contributed by atoms with van der Waals surface area (Å²) in [6.07, 6.45) is 5.60. The van der Waals surface area contributed by atoms with Crippen molar-refractivity contribution < 1.29 is 0 Å². The van der Waals surface area contributed by atoms with E-state index in [0.29, 0.717) is 16.9 Å². The number of thiocarbonyl (C=S) groups is 1. The van der Waals surface area contributed by atoms with Crippen molar-refractivity contribution in [3.63, 3.8) is 0 Å². The molecule has 0 fully saturated rings. The number of hydrogen-bond donors (Lipinski definition) is 2. The Kier molecular flexibility index (Phi) is 7.69. The zero-order chi connectivity index (χ0) is 15.7. The fourth-order valence-electron chi connectivity index (χ4n) is 1.62. The minimum atomic E-state index is 0.551. The van der Waals surface area contributed by atoms with E-state index in [-0.39, 0.29) is 0 Å². The number of allylic oxidation sites excluding steroid dienone is 1. The summed E-state index contributed by atoms with van der Waals surface area (Å²) in [6.45, 7) is 9.50. The van der Waals surface area contributed by atoms with Crippen LogP contribution >= 0.6 is 12.2 Å². The van der Waals surface area contributed by atoms with Crippen LogP contribution < -0.4 is 10.7 Å². The highest BCUT2D eigenvalue weighted by Crippen LogP contribution is 2.15. The molecule has 114 valence electrons. The average Bonchev–Trinajstić information content (AvgIpc) is 2.45. The standard InChI is InChI=1S/C17H25N3S/c1-13(2)12-18-17(21)20-19-11-5-6-15-7-9-16(10-8-15)14(3)4/h5-11,13-14H,12H2,1-4H3,(H2,18,20,21)/b6-5-,19-11-. The van der Waals surface area contributed by atoms with Crippen molar-refractivity contribution in [1.29, 1.82) is 0 Å². The van der Waals surface area contributed by atoms with Gasteiger partial charge in [0.1, 0.15) is 0 Å². The Hall–Kier alpha value is -1.68. The van der Waals surface area contributed by atoms with E-state index in [9.17, 15) is 0 Å². The third-order valence-electron chi connectivity index (χ3n) is 2.89. The molecule has 0 amide bonds. The zero-order valence-corrected chi connectivity index (χ0v) is 14.1. The van der Waals surface area contributed by atoms with Crippen LogP contribution in [0, 0.1) is 5.92 Å². The van der Waals surface area contributed by atoms with E-state index in [0.717, 1.165) is 12.1 Å². The van der Waals surface area contributed by atoms with Crippen molar-refractivity contribution in [2.75, 3.05) is 6.54 Å². The molecule has 0 aliphatic rings. The molecule has 0 radical (unpaired) electrons. The second kappa shape index (κ2) is 9.29. The molecule has 0 aromatic heterocycles. The van der Waals surface area contributed by atoms with Crippen molar-refractivity contribution in [3.05, 3.63) is 41.5 Å². The lowest BCUT2D eigenvalue weighted by Crippen LogP contribution is -2.34. The van der Waals surface area contributed by atoms with E-state index >= 15 is 0 Å². The topological polar surface area (TPSA) is 36.4 Å². The van der Waals surface area contributed by atoms with E-state index in [1.165, 1.54) is 5.56 Å². The highest BCUT2D eigenvalue weighted by atomic mass is 32.1. The Morgan fingerprint density at radius 2 is 1.86 bits per heavy atom. The van der Waals surface area contributed by atoms with Crippen LogP contribution in [0.2, 0.25) is 0 Å². The Morgan fingerprint density at radius 1 is 1.19 bits per heavy atom. The van der Waals surface area contributed by atoms with Gasteiger partial charge in [-0.05, 0) is 41.3 Å². The molecule has 0 saturated carbocycles. The Balaban J connectivity index is 2.36. The zero-order valence-electron chi connectivity index (χ0n) is 13.3. The van der Waals surface area contributed by atoms with Crippen LogP contribution in [-0.2, 0) is 0 Å². The van der Waals surface area contributed by atoms with Crippen molar-refractivity contribution in [2.45, 2.75) is 33.6 Å². The first-order valence-electron chi connectivity index (χ1n) is 7.32. The van der Waals surface area contributed by atoms with Gasteiger partial charge in [0, 0.05) is 12.8 Å². The molecule has 4 heteroatoms. The number of rotatable bonds is 6. The number of nitrogens with zero attached hydrogens (tertiary/aromatic N) is 1. The summed E-state index contributed by atoms with van der Waals surface area (Å²) in [6, 6.07) is 8.54. The van der Waals surface area contributed by atoms with Crippen LogP contribution in [0.15, 0.2) is 35.4 Å². The lowest BCUT2D eigenvalue weighted by atomic mass is 10.0. The van der Waals surface area contributed by atoms with Crippen molar-refractivity contribution in [3.8, 4) is 0 Å². The minimum absolute atomic E-state index is 0.551. The maximum Gasteiger partial charge on any atom is 0.186 e. The molecule has 0 aliphatic carbocycles. The van der Waals surface area contributed by atoms with Gasteiger partial charge in [0.25, 0.3) is 0 Å². The molecule has 0 unspecified atom stereocenters. The van der Waals surface area contributed by atoms with Gasteiger partial charge in [-0.2, -0.15) is 5.10 Å². The lowest BCUT2D eigenvalue weighted by Gasteiger charge is -2.08. The highest BCUT2D eigenvalue weighted by molar-refractivity contribution is 7.80. The summed E-state index contributed by atoms with van der Waals surface area (Å²) in [5.74, 6) is 1.12. The van der Waals surface area contributed by atoms with Gasteiger partial charge in [-0.1, -0.05) is 58.0 Å². The number of benzene rings is 1. The van der Waals surface area contributed by atoms with Crippen molar-refractivity contribution in [1.82, 2.24) is 10.7 Å². The van der Waals surface area contributed by atoms with E-state index in [1.54, 1.807) is 6.21 Å². The average molecular weight is 303 g/mol. The van der Waals surface area contributed by atoms with Gasteiger partial charge in [-0.15, -0.1) is 0 Å². The van der Waals surface area contributed by atoms with E-state index < -0.39 is 0 Å². The van der Waals surface area contributed by atoms with Gasteiger partial charge in [-0.25, -0.2) is 0 Å². The van der Waals surface area contributed by atoms with Gasteiger partial charge < -0.3 is 5.32 Å². The van der Waals surface area contributed by atoms with E-state index in [4.69, 9.17) is 12.2 Å². The summed E-state index contributed by atoms with van der Waals surface area (Å²) in [5, 5.41) is 7.69. The van der Waals surface area contributed by atoms with Crippen LogP contribution in [0.1, 0.15) is 44.7 Å². The largest absolute Gasteiger partial charge is 0.361 e. The Labute approximate surface area is 133 Å². The molecular weight excluding hydrogens is 278 g/mol. The van der Waals surface area contributed by atoms with E-state index in [2.05, 4.69) is 67.8 Å². The van der Waals surface area contributed by atoms with Gasteiger partial charge in [-0.3, -0.25) is 5.43 Å². The predicted molar refractivity (Wildman–Crippen MR) is 96.6 cm³/mol. The molecular formula is C17H25N3S. The smallest absolute Gasteiger partial charge is 0.186 e. The summed E-state index contributed by atoms with van der Waals surface area (Å²) >= 11 is 5.09. The first kappa shape index (κ1) is 17.4. The monoisotopic (exact) mass is 303 g/mol. The molecule has 2 N–H and O–H groups in total. The molecule has 1 aromatic carbocycles. The van der Waals surface area contributed by atoms with Crippen molar-refractivity contribution >= 4 is 29.6 Å². The summed E-state index contributed by atoms with van der Waals surface area (Å²) < 4.78 is 0. The molecule has 21 heavy (non-hydrogen) atoms. The van der Waals surface area contributed by atoms with Gasteiger partial charge in [0.15, 0.2) is 5.11 Å². The van der Waals surface area contributed by atoms with Crippen LogP contribution in [0.25, 0.3) is 6.08 Å². The quantitative estimate of drug-likeness (QED) is 0.475. The number of nitrogens with one attached hydrogen (secondary N) is 2. The number of hydrazone groups is 1. The molecule has 1 rings (SSSR count). The lowest BCUT2D eigenvalue weighted by molar-refractivity contribution is 0.621. The predicted octanol–water partition coefficient (Wildman–Crippen LogP) is 3.93. The van der Waals surface area contributed by atoms with Gasteiger partial charge >= 0.3 is 0 Å². The molecule has 0 heterocycles. The minimum Gasteiger partial charge on any atom is -0.361 e. The molecule has 0 aliphatic heterocycles. The summed E-state index contributed by atoms with van der Waals surface area (Å²) in [5.41, 5.74) is 5.30. The van der Waals surface area contributed by atoms with Gasteiger partial charge in [0.05, 0.1) is 0 Å². The van der Waals surface area contributed by atoms with Gasteiger partial charge in [0.2, 0.25) is 0 Å². The van der Waals surface area contributed by atoms with Crippen molar-refractivity contribution in [2.24, 2.45) is 11.0 Å². The second-order valence-corrected chi connectivity index (χ2v) is 6.08. The highest BCUT2D eigenvalue weighted by Gasteiger charge is 1.97. The van der Waals surface area contributed by atoms with Crippen LogP contribution in [0.4, 0.5) is 0 Å². The molecule has 0 spiro atoms. The van der Waals surface area contributed by atoms with Crippen LogP contribution in [-0.4, -0.2) is 17.9 Å². The molecule has 3 nitrogen and oxygen atoms in total. The third-order valence-corrected chi connectivity index (χ3v) is 3.12. The maximum absolute atomic E-state index is 5.09. The normalized spacial score (nSPS) is 11.7. The van der Waals surface area contributed by atoms with E-state index in [1.807, 2.05) is 12.2 Å². The number of hydrogen-bond acceptors (Lipinski definition) is 2. The fourth-order valence-corrected chi connectivity index (χ4v) is 1.76. The molecule has 0 bridgehead atoms. The molecule has 1 aromatic rings. The summed E-state index contributed by atoms with van der Waals surface area (Å²) in [4.78, 5) is 0. The maximum atomic E-state index is 5.09. The Bertz CT molecular complexity index is 487. The third kappa shape index (κ3) is 7.61. The summed E-state index contributed by atoms with van der Waals surface area (Å²) in [7, 11) is 0. The Morgan fingerprint density at radius 3 is 2.43 bits per heavy atom. The fraction of sp³-hybridized carbons (Fsp3) is 0.412. The molecule has 0 saturated heterocycles. The molecule has 0 atom stereocenters. The van der Waals surface area contributed by atoms with Crippen LogP contribution in [0.3, 0.4) is 0 Å². The second-order valence-electron chi connectivity index (χ2n) is 5.67. The van der Waals surface area contributed by atoms with Crippen LogP contribution in [0.5, 0.6) is 0 Å². The SMILES string of the molecule is CC(C)CNC(=S)N/N=C\C=C/c1ccc(C(C)C)cc1. The first-order valence-corrected chi connectivity index (χ1v) is 7.73. The first-order chi connectivity index (χ1) is 9.99.